The van der Waals surface area contributed by atoms with Crippen molar-refractivity contribution in [3.05, 3.63) is 47.5 Å². The van der Waals surface area contributed by atoms with E-state index >= 15 is 0 Å². The van der Waals surface area contributed by atoms with Crippen LogP contribution in [-0.2, 0) is 17.8 Å². The summed E-state index contributed by atoms with van der Waals surface area (Å²) in [6, 6.07) is 11.0. The lowest BCUT2D eigenvalue weighted by Gasteiger charge is -2.21. The van der Waals surface area contributed by atoms with Crippen molar-refractivity contribution in [1.82, 2.24) is 5.32 Å². The van der Waals surface area contributed by atoms with Gasteiger partial charge in [-0.3, -0.25) is 4.79 Å². The van der Waals surface area contributed by atoms with Crippen molar-refractivity contribution in [3.63, 3.8) is 0 Å². The second-order valence-corrected chi connectivity index (χ2v) is 8.06. The zero-order chi connectivity index (χ0) is 21.8. The summed E-state index contributed by atoms with van der Waals surface area (Å²) < 4.78 is 10.5. The largest absolute Gasteiger partial charge is 0.493 e. The Morgan fingerprint density at radius 1 is 1.03 bits per heavy atom. The number of benzene rings is 2. The van der Waals surface area contributed by atoms with Crippen molar-refractivity contribution in [2.24, 2.45) is 5.92 Å². The molecule has 0 radical (unpaired) electrons. The molecule has 1 aliphatic carbocycles. The number of carbonyl (C=O) groups is 2. The van der Waals surface area contributed by atoms with Crippen molar-refractivity contribution in [2.45, 2.75) is 38.6 Å². The Kier molecular flexibility index (Phi) is 6.30. The maximum Gasteiger partial charge on any atom is 0.319 e. The first-order valence-electron chi connectivity index (χ1n) is 10.8. The van der Waals surface area contributed by atoms with E-state index in [4.69, 9.17) is 9.47 Å². The third-order valence-corrected chi connectivity index (χ3v) is 6.11. The van der Waals surface area contributed by atoms with Crippen molar-refractivity contribution < 1.29 is 19.1 Å². The SMILES string of the molecule is COc1ccc(CNC(=O)Nc2ccc3c(c2)N(C(=O)C2CCCC2)CC3)cc1OC. The summed E-state index contributed by atoms with van der Waals surface area (Å²) in [5, 5.41) is 5.73. The van der Waals surface area contributed by atoms with Gasteiger partial charge < -0.3 is 25.0 Å². The molecule has 0 aromatic heterocycles. The van der Waals surface area contributed by atoms with Crippen LogP contribution in [0.5, 0.6) is 11.5 Å². The average molecular weight is 424 g/mol. The molecular weight excluding hydrogens is 394 g/mol. The molecule has 0 atom stereocenters. The van der Waals surface area contributed by atoms with E-state index in [1.165, 1.54) is 0 Å². The molecule has 2 aromatic carbocycles. The molecule has 0 bridgehead atoms. The van der Waals surface area contributed by atoms with Gasteiger partial charge in [0.2, 0.25) is 5.91 Å². The monoisotopic (exact) mass is 423 g/mol. The van der Waals surface area contributed by atoms with Crippen LogP contribution < -0.4 is 25.0 Å². The fourth-order valence-corrected chi connectivity index (χ4v) is 4.43. The van der Waals surface area contributed by atoms with Gasteiger partial charge in [-0.1, -0.05) is 25.0 Å². The van der Waals surface area contributed by atoms with Crippen LogP contribution in [0.2, 0.25) is 0 Å². The number of hydrogen-bond donors (Lipinski definition) is 2. The van der Waals surface area contributed by atoms with E-state index in [9.17, 15) is 9.59 Å². The van der Waals surface area contributed by atoms with Crippen molar-refractivity contribution in [2.75, 3.05) is 31.0 Å². The first-order valence-corrected chi connectivity index (χ1v) is 10.8. The van der Waals surface area contributed by atoms with Gasteiger partial charge in [0.25, 0.3) is 0 Å². The highest BCUT2D eigenvalue weighted by atomic mass is 16.5. The smallest absolute Gasteiger partial charge is 0.319 e. The van der Waals surface area contributed by atoms with Gasteiger partial charge in [-0.2, -0.15) is 0 Å². The molecule has 4 rings (SSSR count). The second-order valence-electron chi connectivity index (χ2n) is 8.06. The van der Waals surface area contributed by atoms with Crippen molar-refractivity contribution in [3.8, 4) is 11.5 Å². The molecule has 0 spiro atoms. The zero-order valence-corrected chi connectivity index (χ0v) is 18.1. The van der Waals surface area contributed by atoms with Gasteiger partial charge in [-0.05, 0) is 54.7 Å². The van der Waals surface area contributed by atoms with E-state index in [1.54, 1.807) is 14.2 Å². The van der Waals surface area contributed by atoms with Gasteiger partial charge >= 0.3 is 6.03 Å². The Balaban J connectivity index is 1.38. The number of nitrogens with zero attached hydrogens (tertiary/aromatic N) is 1. The van der Waals surface area contributed by atoms with Crippen LogP contribution in [0.1, 0.15) is 36.8 Å². The quantitative estimate of drug-likeness (QED) is 0.733. The molecule has 0 unspecified atom stereocenters. The van der Waals surface area contributed by atoms with E-state index in [0.717, 1.165) is 55.5 Å². The number of urea groups is 1. The number of methoxy groups -OCH3 is 2. The molecule has 2 aliphatic rings. The molecule has 2 N–H and O–H groups in total. The highest BCUT2D eigenvalue weighted by molar-refractivity contribution is 5.98. The van der Waals surface area contributed by atoms with Crippen LogP contribution in [0.25, 0.3) is 0 Å². The number of amides is 3. The molecule has 3 amide bonds. The lowest BCUT2D eigenvalue weighted by molar-refractivity contribution is -0.122. The summed E-state index contributed by atoms with van der Waals surface area (Å²) in [5.74, 6) is 1.64. The first kappa shape index (κ1) is 21.0. The molecule has 2 aromatic rings. The van der Waals surface area contributed by atoms with E-state index in [1.807, 2.05) is 41.3 Å². The Morgan fingerprint density at radius 2 is 1.81 bits per heavy atom. The van der Waals surface area contributed by atoms with E-state index < -0.39 is 0 Å². The molecule has 1 fully saturated rings. The molecule has 31 heavy (non-hydrogen) atoms. The lowest BCUT2D eigenvalue weighted by atomic mass is 10.1. The Hall–Kier alpha value is -3.22. The van der Waals surface area contributed by atoms with Gasteiger partial charge in [0.15, 0.2) is 11.5 Å². The predicted octanol–water partition coefficient (Wildman–Crippen LogP) is 4.10. The third kappa shape index (κ3) is 4.60. The number of carbonyl (C=O) groups excluding carboxylic acids is 2. The Labute approximate surface area is 182 Å². The minimum absolute atomic E-state index is 0.146. The molecular formula is C24H29N3O4. The molecule has 164 valence electrons. The number of rotatable bonds is 6. The normalized spacial score (nSPS) is 15.5. The van der Waals surface area contributed by atoms with Crippen LogP contribution in [0.3, 0.4) is 0 Å². The van der Waals surface area contributed by atoms with Crippen molar-refractivity contribution in [1.29, 1.82) is 0 Å². The number of nitrogens with one attached hydrogen (secondary N) is 2. The summed E-state index contributed by atoms with van der Waals surface area (Å²) in [7, 11) is 3.17. The summed E-state index contributed by atoms with van der Waals surface area (Å²) in [5.41, 5.74) is 3.65. The van der Waals surface area contributed by atoms with Gasteiger partial charge in [0.05, 0.1) is 14.2 Å². The van der Waals surface area contributed by atoms with E-state index in [-0.39, 0.29) is 17.9 Å². The number of hydrogen-bond acceptors (Lipinski definition) is 4. The molecule has 7 nitrogen and oxygen atoms in total. The van der Waals surface area contributed by atoms with Gasteiger partial charge in [0.1, 0.15) is 0 Å². The third-order valence-electron chi connectivity index (χ3n) is 6.11. The Bertz CT molecular complexity index is 969. The number of ether oxygens (including phenoxy) is 2. The van der Waals surface area contributed by atoms with Crippen LogP contribution in [0.4, 0.5) is 16.2 Å². The topological polar surface area (TPSA) is 79.9 Å². The highest BCUT2D eigenvalue weighted by Crippen LogP contribution is 2.35. The van der Waals surface area contributed by atoms with Crippen molar-refractivity contribution >= 4 is 23.3 Å². The maximum atomic E-state index is 12.9. The van der Waals surface area contributed by atoms with Gasteiger partial charge in [-0.25, -0.2) is 4.79 Å². The van der Waals surface area contributed by atoms with Crippen LogP contribution >= 0.6 is 0 Å². The Morgan fingerprint density at radius 3 is 2.55 bits per heavy atom. The number of anilines is 2. The average Bonchev–Trinajstić information content (AvgIpc) is 3.47. The van der Waals surface area contributed by atoms with Crippen LogP contribution in [-0.4, -0.2) is 32.7 Å². The van der Waals surface area contributed by atoms with Crippen LogP contribution in [0.15, 0.2) is 36.4 Å². The standard InChI is InChI=1S/C24H29N3O4/c1-30-21-10-7-16(13-22(21)31-2)15-25-24(29)26-19-9-8-17-11-12-27(20(17)14-19)23(28)18-5-3-4-6-18/h7-10,13-14,18H,3-6,11-12,15H2,1-2H3,(H2,25,26,29). The minimum atomic E-state index is -0.304. The summed E-state index contributed by atoms with van der Waals surface area (Å²) in [4.78, 5) is 27.2. The summed E-state index contributed by atoms with van der Waals surface area (Å²) >= 11 is 0. The molecule has 1 aliphatic heterocycles. The predicted molar refractivity (Wildman–Crippen MR) is 120 cm³/mol. The maximum absolute atomic E-state index is 12.9. The zero-order valence-electron chi connectivity index (χ0n) is 18.1. The fourth-order valence-electron chi connectivity index (χ4n) is 4.43. The minimum Gasteiger partial charge on any atom is -0.493 e. The van der Waals surface area contributed by atoms with E-state index in [0.29, 0.717) is 23.7 Å². The summed E-state index contributed by atoms with van der Waals surface area (Å²) in [6.07, 6.45) is 5.11. The molecule has 0 saturated heterocycles. The highest BCUT2D eigenvalue weighted by Gasteiger charge is 2.31. The summed E-state index contributed by atoms with van der Waals surface area (Å²) in [6.45, 7) is 1.07. The van der Waals surface area contributed by atoms with Crippen LogP contribution in [0, 0.1) is 5.92 Å². The molecule has 1 saturated carbocycles. The fraction of sp³-hybridized carbons (Fsp3) is 0.417. The lowest BCUT2D eigenvalue weighted by Crippen LogP contribution is -2.34. The second kappa shape index (κ2) is 9.29. The molecule has 7 heteroatoms. The van der Waals surface area contributed by atoms with Gasteiger partial charge in [-0.15, -0.1) is 0 Å². The number of fused-ring (bicyclic) bond motifs is 1. The molecule has 1 heterocycles. The first-order chi connectivity index (χ1) is 15.1. The van der Waals surface area contributed by atoms with E-state index in [2.05, 4.69) is 10.6 Å². The van der Waals surface area contributed by atoms with Gasteiger partial charge in [0, 0.05) is 30.4 Å².